The molecule has 2 atom stereocenters. The van der Waals surface area contributed by atoms with Crippen molar-refractivity contribution in [3.05, 3.63) is 18.0 Å². The molecular weight excluding hydrogens is 242 g/mol. The van der Waals surface area contributed by atoms with E-state index in [4.69, 9.17) is 9.47 Å². The standard InChI is InChI=1S/C14H25N3O2/c1-11(2)17-8-13(5-15-17)7-16-6-12(3)19-14(9-16)10-18-4/h5,8,11-12,14H,6-7,9-10H2,1-4H3/t12-,14-/m1/s1. The van der Waals surface area contributed by atoms with Crippen molar-refractivity contribution < 1.29 is 9.47 Å². The van der Waals surface area contributed by atoms with Gasteiger partial charge in [-0.1, -0.05) is 0 Å². The van der Waals surface area contributed by atoms with Crippen molar-refractivity contribution in [1.29, 1.82) is 0 Å². The molecule has 5 heteroatoms. The molecule has 1 aromatic heterocycles. The van der Waals surface area contributed by atoms with Gasteiger partial charge < -0.3 is 9.47 Å². The molecule has 0 amide bonds. The summed E-state index contributed by atoms with van der Waals surface area (Å²) in [5.41, 5.74) is 1.26. The zero-order valence-electron chi connectivity index (χ0n) is 12.4. The molecule has 1 aliphatic heterocycles. The quantitative estimate of drug-likeness (QED) is 0.814. The summed E-state index contributed by atoms with van der Waals surface area (Å²) in [7, 11) is 1.72. The zero-order chi connectivity index (χ0) is 13.8. The van der Waals surface area contributed by atoms with Crippen LogP contribution in [0, 0.1) is 0 Å². The first kappa shape index (κ1) is 14.5. The number of methoxy groups -OCH3 is 1. The molecule has 2 rings (SSSR count). The molecular formula is C14H25N3O2. The van der Waals surface area contributed by atoms with Crippen molar-refractivity contribution in [3.63, 3.8) is 0 Å². The third-order valence-electron chi connectivity index (χ3n) is 3.34. The van der Waals surface area contributed by atoms with Crippen molar-refractivity contribution in [2.45, 2.75) is 45.6 Å². The van der Waals surface area contributed by atoms with Crippen LogP contribution in [0.4, 0.5) is 0 Å². The number of aromatic nitrogens is 2. The lowest BCUT2D eigenvalue weighted by Crippen LogP contribution is -2.47. The molecule has 19 heavy (non-hydrogen) atoms. The van der Waals surface area contributed by atoms with Gasteiger partial charge in [-0.2, -0.15) is 5.10 Å². The highest BCUT2D eigenvalue weighted by Crippen LogP contribution is 2.15. The molecule has 0 aromatic carbocycles. The average molecular weight is 267 g/mol. The molecule has 0 bridgehead atoms. The lowest BCUT2D eigenvalue weighted by atomic mass is 10.2. The van der Waals surface area contributed by atoms with Crippen LogP contribution in [0.2, 0.25) is 0 Å². The second kappa shape index (κ2) is 6.50. The third kappa shape index (κ3) is 4.03. The van der Waals surface area contributed by atoms with Crippen LogP contribution < -0.4 is 0 Å². The summed E-state index contributed by atoms with van der Waals surface area (Å²) in [5, 5.41) is 4.39. The topological polar surface area (TPSA) is 39.5 Å². The highest BCUT2D eigenvalue weighted by molar-refractivity contribution is 5.04. The predicted molar refractivity (Wildman–Crippen MR) is 74.1 cm³/mol. The number of hydrogen-bond donors (Lipinski definition) is 0. The zero-order valence-corrected chi connectivity index (χ0v) is 12.4. The van der Waals surface area contributed by atoms with Gasteiger partial charge in [0.15, 0.2) is 0 Å². The van der Waals surface area contributed by atoms with E-state index in [9.17, 15) is 0 Å². The fourth-order valence-corrected chi connectivity index (χ4v) is 2.55. The van der Waals surface area contributed by atoms with E-state index in [-0.39, 0.29) is 12.2 Å². The fourth-order valence-electron chi connectivity index (χ4n) is 2.55. The van der Waals surface area contributed by atoms with E-state index in [1.807, 2.05) is 10.9 Å². The lowest BCUT2D eigenvalue weighted by molar-refractivity contribution is -0.103. The van der Waals surface area contributed by atoms with Gasteiger partial charge >= 0.3 is 0 Å². The van der Waals surface area contributed by atoms with E-state index in [1.165, 1.54) is 5.56 Å². The predicted octanol–water partition coefficient (Wildman–Crippen LogP) is 1.70. The molecule has 5 nitrogen and oxygen atoms in total. The second-order valence-electron chi connectivity index (χ2n) is 5.64. The van der Waals surface area contributed by atoms with Crippen LogP contribution in [-0.4, -0.2) is 53.7 Å². The van der Waals surface area contributed by atoms with E-state index < -0.39 is 0 Å². The SMILES string of the molecule is COC[C@H]1CN(Cc2cnn(C(C)C)c2)C[C@@H](C)O1. The summed E-state index contributed by atoms with van der Waals surface area (Å²) in [5.74, 6) is 0. The molecule has 108 valence electrons. The van der Waals surface area contributed by atoms with E-state index in [2.05, 4.69) is 37.0 Å². The van der Waals surface area contributed by atoms with Crippen molar-refractivity contribution in [1.82, 2.24) is 14.7 Å². The largest absolute Gasteiger partial charge is 0.382 e. The molecule has 0 saturated carbocycles. The summed E-state index contributed by atoms with van der Waals surface area (Å²) in [6, 6.07) is 0.415. The Morgan fingerprint density at radius 2 is 2.26 bits per heavy atom. The summed E-state index contributed by atoms with van der Waals surface area (Å²) in [6.07, 6.45) is 4.53. The summed E-state index contributed by atoms with van der Waals surface area (Å²) < 4.78 is 13.1. The molecule has 1 aliphatic rings. The molecule has 0 radical (unpaired) electrons. The minimum Gasteiger partial charge on any atom is -0.382 e. The lowest BCUT2D eigenvalue weighted by Gasteiger charge is -2.36. The Morgan fingerprint density at radius 3 is 2.89 bits per heavy atom. The minimum absolute atomic E-state index is 0.175. The Bertz CT molecular complexity index is 392. The molecule has 2 heterocycles. The monoisotopic (exact) mass is 267 g/mol. The first-order valence-electron chi connectivity index (χ1n) is 6.98. The number of nitrogens with zero attached hydrogens (tertiary/aromatic N) is 3. The van der Waals surface area contributed by atoms with Gasteiger partial charge in [0, 0.05) is 44.5 Å². The van der Waals surface area contributed by atoms with Crippen LogP contribution in [0.5, 0.6) is 0 Å². The Kier molecular flexibility index (Phi) is 4.96. The van der Waals surface area contributed by atoms with Crippen LogP contribution in [0.15, 0.2) is 12.4 Å². The van der Waals surface area contributed by atoms with Crippen LogP contribution in [0.3, 0.4) is 0 Å². The second-order valence-corrected chi connectivity index (χ2v) is 5.64. The number of hydrogen-bond acceptors (Lipinski definition) is 4. The smallest absolute Gasteiger partial charge is 0.0939 e. The summed E-state index contributed by atoms with van der Waals surface area (Å²) in [4.78, 5) is 2.42. The maximum Gasteiger partial charge on any atom is 0.0939 e. The maximum atomic E-state index is 5.85. The van der Waals surface area contributed by atoms with Gasteiger partial charge in [-0.3, -0.25) is 9.58 Å². The van der Waals surface area contributed by atoms with Crippen LogP contribution in [0.25, 0.3) is 0 Å². The minimum atomic E-state index is 0.175. The maximum absolute atomic E-state index is 5.85. The summed E-state index contributed by atoms with van der Waals surface area (Å²) in [6.45, 7) is 9.88. The fraction of sp³-hybridized carbons (Fsp3) is 0.786. The van der Waals surface area contributed by atoms with Gasteiger partial charge in [-0.15, -0.1) is 0 Å². The van der Waals surface area contributed by atoms with E-state index in [0.29, 0.717) is 12.6 Å². The Morgan fingerprint density at radius 1 is 1.47 bits per heavy atom. The Balaban J connectivity index is 1.93. The molecule has 1 aromatic rings. The van der Waals surface area contributed by atoms with Crippen LogP contribution in [-0.2, 0) is 16.0 Å². The first-order chi connectivity index (χ1) is 9.08. The van der Waals surface area contributed by atoms with Crippen molar-refractivity contribution in [3.8, 4) is 0 Å². The van der Waals surface area contributed by atoms with E-state index >= 15 is 0 Å². The van der Waals surface area contributed by atoms with Gasteiger partial charge in [0.1, 0.15) is 0 Å². The molecule has 1 fully saturated rings. The average Bonchev–Trinajstić information content (AvgIpc) is 2.77. The van der Waals surface area contributed by atoms with Crippen LogP contribution >= 0.6 is 0 Å². The molecule has 1 saturated heterocycles. The highest BCUT2D eigenvalue weighted by Gasteiger charge is 2.25. The number of ether oxygens (including phenoxy) is 2. The van der Waals surface area contributed by atoms with Crippen molar-refractivity contribution in [2.75, 3.05) is 26.8 Å². The molecule has 0 spiro atoms. The first-order valence-corrected chi connectivity index (χ1v) is 6.98. The van der Waals surface area contributed by atoms with Gasteiger partial charge in [-0.25, -0.2) is 0 Å². The van der Waals surface area contributed by atoms with Crippen molar-refractivity contribution in [2.24, 2.45) is 0 Å². The Hall–Kier alpha value is -0.910. The van der Waals surface area contributed by atoms with E-state index in [1.54, 1.807) is 7.11 Å². The van der Waals surface area contributed by atoms with Crippen LogP contribution in [0.1, 0.15) is 32.4 Å². The van der Waals surface area contributed by atoms with Gasteiger partial charge in [0.05, 0.1) is 25.0 Å². The van der Waals surface area contributed by atoms with Gasteiger partial charge in [-0.05, 0) is 20.8 Å². The summed E-state index contributed by atoms with van der Waals surface area (Å²) >= 11 is 0. The van der Waals surface area contributed by atoms with Crippen molar-refractivity contribution >= 4 is 0 Å². The molecule has 0 unspecified atom stereocenters. The highest BCUT2D eigenvalue weighted by atomic mass is 16.5. The number of morpholine rings is 1. The molecule has 0 N–H and O–H groups in total. The number of rotatable bonds is 5. The third-order valence-corrected chi connectivity index (χ3v) is 3.34. The van der Waals surface area contributed by atoms with Gasteiger partial charge in [0.25, 0.3) is 0 Å². The normalized spacial score (nSPS) is 25.1. The van der Waals surface area contributed by atoms with E-state index in [0.717, 1.165) is 19.6 Å². The molecule has 0 aliphatic carbocycles. The Labute approximate surface area is 115 Å². The van der Waals surface area contributed by atoms with Gasteiger partial charge in [0.2, 0.25) is 0 Å².